The van der Waals surface area contributed by atoms with Gasteiger partial charge in [-0.1, -0.05) is 35.9 Å². The first-order valence-corrected chi connectivity index (χ1v) is 8.04. The van der Waals surface area contributed by atoms with Crippen LogP contribution in [-0.4, -0.2) is 10.8 Å². The monoisotopic (exact) mass is 338 g/mol. The molecule has 0 bridgehead atoms. The van der Waals surface area contributed by atoms with Gasteiger partial charge in [-0.3, -0.25) is 4.79 Å². The maximum atomic E-state index is 13.0. The van der Waals surface area contributed by atoms with Gasteiger partial charge in [0.2, 0.25) is 0 Å². The molecule has 1 aliphatic rings. The van der Waals surface area contributed by atoms with Crippen LogP contribution in [0.25, 0.3) is 0 Å². The predicted molar refractivity (Wildman–Crippen MR) is 92.8 cm³/mol. The van der Waals surface area contributed by atoms with Gasteiger partial charge in [-0.2, -0.15) is 0 Å². The van der Waals surface area contributed by atoms with Crippen LogP contribution in [0, 0.1) is 0 Å². The lowest BCUT2D eigenvalue weighted by molar-refractivity contribution is 0.0651. The van der Waals surface area contributed by atoms with Crippen molar-refractivity contribution in [1.82, 2.24) is 4.90 Å². The van der Waals surface area contributed by atoms with Crippen LogP contribution < -0.4 is 5.32 Å². The molecular formula is C19H15ClN2O2. The molecule has 1 aromatic heterocycles. The van der Waals surface area contributed by atoms with E-state index in [0.717, 1.165) is 17.0 Å². The van der Waals surface area contributed by atoms with Gasteiger partial charge in [0.15, 0.2) is 0 Å². The zero-order valence-corrected chi connectivity index (χ0v) is 13.5. The number of halogens is 1. The number of nitrogens with one attached hydrogen (secondary N) is 1. The minimum Gasteiger partial charge on any atom is -0.467 e. The summed E-state index contributed by atoms with van der Waals surface area (Å²) in [5.41, 5.74) is 2.41. The van der Waals surface area contributed by atoms with E-state index in [1.54, 1.807) is 11.2 Å². The highest BCUT2D eigenvalue weighted by Crippen LogP contribution is 2.34. The zero-order chi connectivity index (χ0) is 16.5. The minimum atomic E-state index is -0.309. The maximum absolute atomic E-state index is 13.0. The van der Waals surface area contributed by atoms with Crippen molar-refractivity contribution in [2.75, 3.05) is 5.32 Å². The summed E-state index contributed by atoms with van der Waals surface area (Å²) in [6.45, 7) is 0.379. The van der Waals surface area contributed by atoms with E-state index in [1.165, 1.54) is 0 Å². The van der Waals surface area contributed by atoms with Crippen molar-refractivity contribution in [3.63, 3.8) is 0 Å². The summed E-state index contributed by atoms with van der Waals surface area (Å²) in [6, 6.07) is 18.7. The van der Waals surface area contributed by atoms with Crippen LogP contribution in [0.2, 0.25) is 5.02 Å². The molecule has 1 aliphatic heterocycles. The molecule has 120 valence electrons. The summed E-state index contributed by atoms with van der Waals surface area (Å²) in [5, 5.41) is 4.08. The Labute approximate surface area is 144 Å². The molecule has 0 saturated heterocycles. The van der Waals surface area contributed by atoms with Crippen molar-refractivity contribution in [3.05, 3.63) is 88.8 Å². The molecule has 1 amide bonds. The first-order chi connectivity index (χ1) is 11.7. The van der Waals surface area contributed by atoms with Crippen LogP contribution in [0.4, 0.5) is 5.69 Å². The molecule has 24 heavy (non-hydrogen) atoms. The van der Waals surface area contributed by atoms with Crippen molar-refractivity contribution in [2.45, 2.75) is 12.7 Å². The molecule has 1 N–H and O–H groups in total. The number of rotatable bonds is 3. The standard InChI is InChI=1S/C19H15ClN2O2/c20-14-6-3-5-13(11-14)18-21-17-9-2-1-8-16(17)19(23)22(18)12-15-7-4-10-24-15/h1-11,18,21H,12H2/t18-/m1/s1. The Balaban J connectivity index is 1.78. The average Bonchev–Trinajstić information content (AvgIpc) is 3.10. The lowest BCUT2D eigenvalue weighted by atomic mass is 10.0. The van der Waals surface area contributed by atoms with Crippen molar-refractivity contribution < 1.29 is 9.21 Å². The van der Waals surface area contributed by atoms with Gasteiger partial charge in [0.1, 0.15) is 11.9 Å². The Morgan fingerprint density at radius 2 is 1.96 bits per heavy atom. The SMILES string of the molecule is O=C1c2ccccc2N[C@@H](c2cccc(Cl)c2)N1Cc1ccco1. The minimum absolute atomic E-state index is 0.0364. The number of carbonyl (C=O) groups excluding carboxylic acids is 1. The Bertz CT molecular complexity index is 877. The molecule has 0 aliphatic carbocycles. The Kier molecular flexibility index (Phi) is 3.75. The number of anilines is 1. The van der Waals surface area contributed by atoms with Gasteiger partial charge >= 0.3 is 0 Å². The van der Waals surface area contributed by atoms with E-state index < -0.39 is 0 Å². The van der Waals surface area contributed by atoms with Gasteiger partial charge in [0.05, 0.1) is 18.4 Å². The van der Waals surface area contributed by atoms with Crippen LogP contribution in [-0.2, 0) is 6.54 Å². The van der Waals surface area contributed by atoms with E-state index in [0.29, 0.717) is 17.1 Å². The van der Waals surface area contributed by atoms with Gasteiger partial charge in [-0.25, -0.2) is 0 Å². The highest BCUT2D eigenvalue weighted by atomic mass is 35.5. The second-order valence-electron chi connectivity index (χ2n) is 5.66. The van der Waals surface area contributed by atoms with E-state index in [2.05, 4.69) is 5.32 Å². The zero-order valence-electron chi connectivity index (χ0n) is 12.8. The molecule has 1 atom stereocenters. The first kappa shape index (κ1) is 14.8. The second kappa shape index (κ2) is 6.06. The third kappa shape index (κ3) is 2.65. The van der Waals surface area contributed by atoms with Crippen molar-refractivity contribution in [2.24, 2.45) is 0 Å². The molecule has 4 rings (SSSR count). The third-order valence-electron chi connectivity index (χ3n) is 4.09. The fourth-order valence-corrected chi connectivity index (χ4v) is 3.16. The Hall–Kier alpha value is -2.72. The molecule has 0 saturated carbocycles. The normalized spacial score (nSPS) is 16.6. The summed E-state index contributed by atoms with van der Waals surface area (Å²) in [7, 11) is 0. The van der Waals surface area contributed by atoms with Crippen molar-refractivity contribution in [3.8, 4) is 0 Å². The lowest BCUT2D eigenvalue weighted by Gasteiger charge is -2.37. The van der Waals surface area contributed by atoms with E-state index in [1.807, 2.05) is 60.7 Å². The average molecular weight is 339 g/mol. The van der Waals surface area contributed by atoms with E-state index >= 15 is 0 Å². The number of furan rings is 1. The molecule has 0 spiro atoms. The Morgan fingerprint density at radius 3 is 2.75 bits per heavy atom. The van der Waals surface area contributed by atoms with Gasteiger partial charge in [-0.05, 0) is 42.0 Å². The van der Waals surface area contributed by atoms with Gasteiger partial charge in [-0.15, -0.1) is 0 Å². The quantitative estimate of drug-likeness (QED) is 0.753. The van der Waals surface area contributed by atoms with Crippen LogP contribution in [0.1, 0.15) is 27.8 Å². The van der Waals surface area contributed by atoms with Gasteiger partial charge < -0.3 is 14.6 Å². The molecule has 2 aromatic carbocycles. The largest absolute Gasteiger partial charge is 0.467 e. The number of fused-ring (bicyclic) bond motifs is 1. The highest BCUT2D eigenvalue weighted by molar-refractivity contribution is 6.30. The molecule has 0 unspecified atom stereocenters. The molecule has 0 fully saturated rings. The topological polar surface area (TPSA) is 45.5 Å². The number of para-hydroxylation sites is 1. The van der Waals surface area contributed by atoms with Gasteiger partial charge in [0, 0.05) is 10.7 Å². The number of hydrogen-bond acceptors (Lipinski definition) is 3. The fraction of sp³-hybridized carbons (Fsp3) is 0.105. The molecular weight excluding hydrogens is 324 g/mol. The van der Waals surface area contributed by atoms with Crippen LogP contribution in [0.5, 0.6) is 0 Å². The maximum Gasteiger partial charge on any atom is 0.258 e. The molecule has 0 radical (unpaired) electrons. The highest BCUT2D eigenvalue weighted by Gasteiger charge is 2.33. The number of amides is 1. The summed E-state index contributed by atoms with van der Waals surface area (Å²) < 4.78 is 5.43. The summed E-state index contributed by atoms with van der Waals surface area (Å²) in [6.07, 6.45) is 1.30. The molecule has 4 nitrogen and oxygen atoms in total. The fourth-order valence-electron chi connectivity index (χ4n) is 2.97. The number of carbonyl (C=O) groups is 1. The lowest BCUT2D eigenvalue weighted by Crippen LogP contribution is -2.42. The van der Waals surface area contributed by atoms with Crippen molar-refractivity contribution >= 4 is 23.2 Å². The number of benzene rings is 2. The first-order valence-electron chi connectivity index (χ1n) is 7.67. The van der Waals surface area contributed by atoms with Crippen LogP contribution in [0.15, 0.2) is 71.3 Å². The van der Waals surface area contributed by atoms with Crippen LogP contribution in [0.3, 0.4) is 0 Å². The second-order valence-corrected chi connectivity index (χ2v) is 6.10. The predicted octanol–water partition coefficient (Wildman–Crippen LogP) is 4.70. The molecule has 3 aromatic rings. The van der Waals surface area contributed by atoms with Gasteiger partial charge in [0.25, 0.3) is 5.91 Å². The smallest absolute Gasteiger partial charge is 0.258 e. The van der Waals surface area contributed by atoms with E-state index in [9.17, 15) is 4.79 Å². The molecule has 5 heteroatoms. The van der Waals surface area contributed by atoms with E-state index in [4.69, 9.17) is 16.0 Å². The third-order valence-corrected chi connectivity index (χ3v) is 4.33. The molecule has 2 heterocycles. The Morgan fingerprint density at radius 1 is 1.08 bits per heavy atom. The summed E-state index contributed by atoms with van der Waals surface area (Å²) in [4.78, 5) is 14.8. The van der Waals surface area contributed by atoms with Crippen LogP contribution >= 0.6 is 11.6 Å². The number of nitrogens with zero attached hydrogens (tertiary/aromatic N) is 1. The number of hydrogen-bond donors (Lipinski definition) is 1. The summed E-state index contributed by atoms with van der Waals surface area (Å²) in [5.74, 6) is 0.697. The summed E-state index contributed by atoms with van der Waals surface area (Å²) >= 11 is 6.14. The van der Waals surface area contributed by atoms with Crippen molar-refractivity contribution in [1.29, 1.82) is 0 Å². The van der Waals surface area contributed by atoms with E-state index in [-0.39, 0.29) is 12.1 Å².